The smallest absolute Gasteiger partial charge is 0.0918 e. The standard InChI is InChI=1S/C10H22N4/c1-13(2)8-9-4-3-6-14(9)7-5-10(11)12/h9H,3-8H2,1-2H3,(H3,11,12). The minimum Gasteiger partial charge on any atom is -0.388 e. The fourth-order valence-electron chi connectivity index (χ4n) is 2.08. The summed E-state index contributed by atoms with van der Waals surface area (Å²) >= 11 is 0. The second-order valence-electron chi connectivity index (χ2n) is 4.37. The molecule has 4 nitrogen and oxygen atoms in total. The zero-order valence-corrected chi connectivity index (χ0v) is 9.29. The van der Waals surface area contributed by atoms with Crippen LogP contribution < -0.4 is 5.73 Å². The summed E-state index contributed by atoms with van der Waals surface area (Å²) in [5, 5.41) is 7.21. The van der Waals surface area contributed by atoms with Crippen LogP contribution in [0.5, 0.6) is 0 Å². The Hall–Kier alpha value is -0.610. The SMILES string of the molecule is CN(C)CC1CCCN1CCC(=N)N. The van der Waals surface area contributed by atoms with Gasteiger partial charge in [-0.15, -0.1) is 0 Å². The first-order valence-electron chi connectivity index (χ1n) is 5.31. The summed E-state index contributed by atoms with van der Waals surface area (Å²) in [6.07, 6.45) is 3.29. The molecule has 0 radical (unpaired) electrons. The lowest BCUT2D eigenvalue weighted by atomic mass is 10.2. The normalized spacial score (nSPS) is 23.2. The number of nitrogens with one attached hydrogen (secondary N) is 1. The van der Waals surface area contributed by atoms with E-state index in [-0.39, 0.29) is 0 Å². The van der Waals surface area contributed by atoms with Crippen molar-refractivity contribution in [2.45, 2.75) is 25.3 Å². The molecule has 0 aromatic rings. The largest absolute Gasteiger partial charge is 0.388 e. The lowest BCUT2D eigenvalue weighted by Crippen LogP contribution is -2.38. The van der Waals surface area contributed by atoms with Crippen LogP contribution in [-0.2, 0) is 0 Å². The molecule has 1 heterocycles. The van der Waals surface area contributed by atoms with Gasteiger partial charge in [0.15, 0.2) is 0 Å². The number of hydrogen-bond acceptors (Lipinski definition) is 3. The third-order valence-electron chi connectivity index (χ3n) is 2.74. The molecule has 1 aliphatic heterocycles. The van der Waals surface area contributed by atoms with Crippen LogP contribution in [0, 0.1) is 5.41 Å². The highest BCUT2D eigenvalue weighted by molar-refractivity contribution is 5.76. The van der Waals surface area contributed by atoms with E-state index >= 15 is 0 Å². The maximum Gasteiger partial charge on any atom is 0.0918 e. The second kappa shape index (κ2) is 5.32. The van der Waals surface area contributed by atoms with Crippen molar-refractivity contribution in [2.75, 3.05) is 33.7 Å². The van der Waals surface area contributed by atoms with E-state index in [0.29, 0.717) is 18.3 Å². The van der Waals surface area contributed by atoms with E-state index in [9.17, 15) is 0 Å². The lowest BCUT2D eigenvalue weighted by Gasteiger charge is -2.26. The summed E-state index contributed by atoms with van der Waals surface area (Å²) in [5.41, 5.74) is 5.36. The molecule has 0 aliphatic carbocycles. The Labute approximate surface area is 86.6 Å². The fourth-order valence-corrected chi connectivity index (χ4v) is 2.08. The third-order valence-corrected chi connectivity index (χ3v) is 2.74. The van der Waals surface area contributed by atoms with Crippen LogP contribution in [-0.4, -0.2) is 55.4 Å². The summed E-state index contributed by atoms with van der Waals surface area (Å²) in [6, 6.07) is 0.671. The molecule has 3 N–H and O–H groups in total. The van der Waals surface area contributed by atoms with Crippen LogP contribution in [0.25, 0.3) is 0 Å². The van der Waals surface area contributed by atoms with Crippen LogP contribution in [0.3, 0.4) is 0 Å². The molecule has 1 aliphatic rings. The van der Waals surface area contributed by atoms with Gasteiger partial charge in [-0.1, -0.05) is 0 Å². The Bertz CT molecular complexity index is 191. The van der Waals surface area contributed by atoms with Crippen LogP contribution in [0.4, 0.5) is 0 Å². The van der Waals surface area contributed by atoms with Crippen molar-refractivity contribution in [2.24, 2.45) is 5.73 Å². The van der Waals surface area contributed by atoms with Crippen molar-refractivity contribution in [1.82, 2.24) is 9.80 Å². The molecule has 1 rings (SSSR count). The zero-order valence-electron chi connectivity index (χ0n) is 9.29. The molecule has 1 unspecified atom stereocenters. The summed E-state index contributed by atoms with van der Waals surface area (Å²) in [5.74, 6) is 0.306. The molecule has 0 aromatic carbocycles. The molecule has 0 spiro atoms. The van der Waals surface area contributed by atoms with E-state index in [2.05, 4.69) is 23.9 Å². The highest BCUT2D eigenvalue weighted by Crippen LogP contribution is 2.17. The molecule has 0 amide bonds. The van der Waals surface area contributed by atoms with Gasteiger partial charge in [-0.05, 0) is 33.5 Å². The number of nitrogens with two attached hydrogens (primary N) is 1. The minimum absolute atomic E-state index is 0.306. The van der Waals surface area contributed by atoms with Gasteiger partial charge in [0, 0.05) is 25.6 Å². The molecular weight excluding hydrogens is 176 g/mol. The molecule has 14 heavy (non-hydrogen) atoms. The minimum atomic E-state index is 0.306. The Morgan fingerprint density at radius 2 is 2.29 bits per heavy atom. The number of hydrogen-bond donors (Lipinski definition) is 2. The van der Waals surface area contributed by atoms with Crippen molar-refractivity contribution >= 4 is 5.84 Å². The fraction of sp³-hybridized carbons (Fsp3) is 0.900. The van der Waals surface area contributed by atoms with Crippen molar-refractivity contribution < 1.29 is 0 Å². The maximum atomic E-state index is 7.21. The maximum absolute atomic E-state index is 7.21. The Morgan fingerprint density at radius 3 is 2.86 bits per heavy atom. The van der Waals surface area contributed by atoms with Crippen molar-refractivity contribution in [1.29, 1.82) is 5.41 Å². The Balaban J connectivity index is 2.31. The van der Waals surface area contributed by atoms with Crippen molar-refractivity contribution in [3.8, 4) is 0 Å². The van der Waals surface area contributed by atoms with E-state index in [1.165, 1.54) is 19.4 Å². The van der Waals surface area contributed by atoms with Gasteiger partial charge in [-0.25, -0.2) is 0 Å². The topological polar surface area (TPSA) is 56.4 Å². The summed E-state index contributed by atoms with van der Waals surface area (Å²) < 4.78 is 0. The predicted octanol–water partition coefficient (Wildman–Crippen LogP) is 0.338. The number of likely N-dealkylation sites (N-methyl/N-ethyl adjacent to an activating group) is 1. The van der Waals surface area contributed by atoms with Gasteiger partial charge in [0.1, 0.15) is 0 Å². The van der Waals surface area contributed by atoms with E-state index in [4.69, 9.17) is 11.1 Å². The average molecular weight is 198 g/mol. The second-order valence-corrected chi connectivity index (χ2v) is 4.37. The lowest BCUT2D eigenvalue weighted by molar-refractivity contribution is 0.212. The molecule has 82 valence electrons. The average Bonchev–Trinajstić information content (AvgIpc) is 2.47. The highest BCUT2D eigenvalue weighted by Gasteiger charge is 2.24. The van der Waals surface area contributed by atoms with Crippen LogP contribution in [0.1, 0.15) is 19.3 Å². The monoisotopic (exact) mass is 198 g/mol. The molecular formula is C10H22N4. The first-order chi connectivity index (χ1) is 6.59. The van der Waals surface area contributed by atoms with Crippen LogP contribution in [0.2, 0.25) is 0 Å². The van der Waals surface area contributed by atoms with Crippen LogP contribution in [0.15, 0.2) is 0 Å². The van der Waals surface area contributed by atoms with E-state index < -0.39 is 0 Å². The number of rotatable bonds is 5. The summed E-state index contributed by atoms with van der Waals surface area (Å²) in [7, 11) is 4.23. The predicted molar refractivity (Wildman–Crippen MR) is 59.7 cm³/mol. The van der Waals surface area contributed by atoms with E-state index in [0.717, 1.165) is 13.1 Å². The van der Waals surface area contributed by atoms with Crippen LogP contribution >= 0.6 is 0 Å². The van der Waals surface area contributed by atoms with E-state index in [1.807, 2.05) is 0 Å². The van der Waals surface area contributed by atoms with Gasteiger partial charge < -0.3 is 10.6 Å². The molecule has 1 atom stereocenters. The zero-order chi connectivity index (χ0) is 10.6. The highest BCUT2D eigenvalue weighted by atomic mass is 15.2. The van der Waals surface area contributed by atoms with Gasteiger partial charge in [0.05, 0.1) is 5.84 Å². The summed E-state index contributed by atoms with van der Waals surface area (Å²) in [4.78, 5) is 4.69. The molecule has 4 heteroatoms. The number of likely N-dealkylation sites (tertiary alicyclic amines) is 1. The van der Waals surface area contributed by atoms with Crippen molar-refractivity contribution in [3.05, 3.63) is 0 Å². The Morgan fingerprint density at radius 1 is 1.57 bits per heavy atom. The summed E-state index contributed by atoms with van der Waals surface area (Å²) in [6.45, 7) is 3.25. The molecule has 1 saturated heterocycles. The first-order valence-corrected chi connectivity index (χ1v) is 5.31. The number of nitrogens with zero attached hydrogens (tertiary/aromatic N) is 2. The molecule has 0 bridgehead atoms. The number of amidine groups is 1. The first kappa shape index (κ1) is 11.5. The van der Waals surface area contributed by atoms with Crippen molar-refractivity contribution in [3.63, 3.8) is 0 Å². The van der Waals surface area contributed by atoms with E-state index in [1.54, 1.807) is 0 Å². The third kappa shape index (κ3) is 3.64. The molecule has 1 fully saturated rings. The Kier molecular flexibility index (Phi) is 4.35. The van der Waals surface area contributed by atoms with Gasteiger partial charge >= 0.3 is 0 Å². The molecule has 0 saturated carbocycles. The van der Waals surface area contributed by atoms with Gasteiger partial charge in [-0.2, -0.15) is 0 Å². The quantitative estimate of drug-likeness (QED) is 0.495. The van der Waals surface area contributed by atoms with Gasteiger partial charge in [0.2, 0.25) is 0 Å². The van der Waals surface area contributed by atoms with Gasteiger partial charge in [0.25, 0.3) is 0 Å². The molecule has 0 aromatic heterocycles. The van der Waals surface area contributed by atoms with Gasteiger partial charge in [-0.3, -0.25) is 10.3 Å².